The minimum Gasteiger partial charge on any atom is -0.488 e. The van der Waals surface area contributed by atoms with Gasteiger partial charge in [-0.1, -0.05) is 0 Å². The number of ether oxygens (including phenoxy) is 1. The van der Waals surface area contributed by atoms with E-state index in [1.807, 2.05) is 27.7 Å². The maximum atomic E-state index is 13.7. The van der Waals surface area contributed by atoms with Crippen LogP contribution in [0.25, 0.3) is 0 Å². The average Bonchev–Trinajstić information content (AvgIpc) is 2.32. The minimum absolute atomic E-state index is 0.0937. The third kappa shape index (κ3) is 3.45. The van der Waals surface area contributed by atoms with E-state index in [-0.39, 0.29) is 17.8 Å². The smallest absolute Gasteiger partial charge is 0.253 e. The summed E-state index contributed by atoms with van der Waals surface area (Å²) >= 11 is 0. The van der Waals surface area contributed by atoms with Crippen molar-refractivity contribution in [3.05, 3.63) is 29.6 Å². The Morgan fingerprint density at radius 3 is 2.39 bits per heavy atom. The molecule has 18 heavy (non-hydrogen) atoms. The molecule has 0 radical (unpaired) electrons. The van der Waals surface area contributed by atoms with E-state index >= 15 is 0 Å². The minimum atomic E-state index is -0.498. The lowest BCUT2D eigenvalue weighted by atomic mass is 10.2. The van der Waals surface area contributed by atoms with Gasteiger partial charge in [-0.25, -0.2) is 4.39 Å². The maximum absolute atomic E-state index is 13.7. The number of amides is 1. The third-order valence-corrected chi connectivity index (χ3v) is 2.59. The van der Waals surface area contributed by atoms with Gasteiger partial charge in [0.15, 0.2) is 11.6 Å². The van der Waals surface area contributed by atoms with E-state index in [9.17, 15) is 9.18 Å². The van der Waals surface area contributed by atoms with Gasteiger partial charge in [-0.15, -0.1) is 0 Å². The van der Waals surface area contributed by atoms with E-state index in [1.165, 1.54) is 12.1 Å². The Balaban J connectivity index is 2.93. The fourth-order valence-electron chi connectivity index (χ4n) is 1.68. The normalized spacial score (nSPS) is 10.6. The molecule has 1 aromatic carbocycles. The second kappa shape index (κ2) is 6.38. The molecule has 0 aromatic heterocycles. The van der Waals surface area contributed by atoms with Crippen LogP contribution in [0, 0.1) is 5.82 Å². The zero-order valence-corrected chi connectivity index (χ0v) is 11.4. The van der Waals surface area contributed by atoms with Gasteiger partial charge in [0.2, 0.25) is 0 Å². The predicted molar refractivity (Wildman–Crippen MR) is 69.4 cm³/mol. The van der Waals surface area contributed by atoms with Crippen LogP contribution in [0.15, 0.2) is 18.2 Å². The van der Waals surface area contributed by atoms with Crippen molar-refractivity contribution < 1.29 is 13.9 Å². The first-order valence-electron chi connectivity index (χ1n) is 6.25. The summed E-state index contributed by atoms with van der Waals surface area (Å²) in [7, 11) is 0. The van der Waals surface area contributed by atoms with Crippen molar-refractivity contribution in [2.24, 2.45) is 0 Å². The first kappa shape index (κ1) is 14.5. The van der Waals surface area contributed by atoms with Crippen LogP contribution in [0.5, 0.6) is 5.75 Å². The highest BCUT2D eigenvalue weighted by molar-refractivity contribution is 5.94. The van der Waals surface area contributed by atoms with Gasteiger partial charge in [-0.05, 0) is 45.9 Å². The Labute approximate surface area is 108 Å². The van der Waals surface area contributed by atoms with Gasteiger partial charge in [0, 0.05) is 18.7 Å². The van der Waals surface area contributed by atoms with E-state index in [0.717, 1.165) is 0 Å². The van der Waals surface area contributed by atoms with Gasteiger partial charge >= 0.3 is 0 Å². The standard InChI is InChI=1S/C14H20FNO2/c1-5-16(6-2)14(17)11-7-8-13(12(15)9-11)18-10(3)4/h7-10H,5-6H2,1-4H3. The summed E-state index contributed by atoms with van der Waals surface area (Å²) in [4.78, 5) is 13.7. The second-order valence-corrected chi connectivity index (χ2v) is 4.29. The lowest BCUT2D eigenvalue weighted by molar-refractivity contribution is 0.0772. The SMILES string of the molecule is CCN(CC)C(=O)c1ccc(OC(C)C)c(F)c1. The zero-order chi connectivity index (χ0) is 13.7. The van der Waals surface area contributed by atoms with Crippen molar-refractivity contribution in [3.63, 3.8) is 0 Å². The Kier molecular flexibility index (Phi) is 5.13. The number of hydrogen-bond donors (Lipinski definition) is 0. The molecule has 0 atom stereocenters. The number of hydrogen-bond acceptors (Lipinski definition) is 2. The van der Waals surface area contributed by atoms with Crippen LogP contribution in [0.4, 0.5) is 4.39 Å². The van der Waals surface area contributed by atoms with Crippen LogP contribution in [0.1, 0.15) is 38.1 Å². The zero-order valence-electron chi connectivity index (χ0n) is 11.4. The topological polar surface area (TPSA) is 29.5 Å². The average molecular weight is 253 g/mol. The number of carbonyl (C=O) groups excluding carboxylic acids is 1. The van der Waals surface area contributed by atoms with Crippen molar-refractivity contribution in [2.75, 3.05) is 13.1 Å². The molecule has 0 heterocycles. The first-order chi connectivity index (χ1) is 8.49. The number of carbonyl (C=O) groups is 1. The Morgan fingerprint density at radius 2 is 1.94 bits per heavy atom. The van der Waals surface area contributed by atoms with Crippen molar-refractivity contribution in [1.29, 1.82) is 0 Å². The van der Waals surface area contributed by atoms with E-state index in [4.69, 9.17) is 4.74 Å². The molecule has 0 fully saturated rings. The molecule has 4 heteroatoms. The summed E-state index contributed by atoms with van der Waals surface area (Å²) in [6.07, 6.45) is -0.0937. The lowest BCUT2D eigenvalue weighted by Crippen LogP contribution is -2.30. The van der Waals surface area contributed by atoms with Gasteiger partial charge in [0.05, 0.1) is 6.10 Å². The second-order valence-electron chi connectivity index (χ2n) is 4.29. The molecule has 0 saturated carbocycles. The van der Waals surface area contributed by atoms with Crippen LogP contribution in [-0.2, 0) is 0 Å². The van der Waals surface area contributed by atoms with E-state index in [1.54, 1.807) is 11.0 Å². The molecule has 1 aromatic rings. The number of benzene rings is 1. The molecule has 0 N–H and O–H groups in total. The Hall–Kier alpha value is -1.58. The lowest BCUT2D eigenvalue weighted by Gasteiger charge is -2.19. The molecular formula is C14H20FNO2. The molecule has 0 aliphatic rings. The van der Waals surface area contributed by atoms with Gasteiger partial charge in [0.25, 0.3) is 5.91 Å². The molecule has 3 nitrogen and oxygen atoms in total. The highest BCUT2D eigenvalue weighted by Crippen LogP contribution is 2.20. The quantitative estimate of drug-likeness (QED) is 0.807. The third-order valence-electron chi connectivity index (χ3n) is 2.59. The largest absolute Gasteiger partial charge is 0.488 e. The molecule has 1 amide bonds. The molecule has 0 aliphatic carbocycles. The van der Waals surface area contributed by atoms with Crippen LogP contribution in [0.3, 0.4) is 0 Å². The number of nitrogens with zero attached hydrogens (tertiary/aromatic N) is 1. The number of halogens is 1. The van der Waals surface area contributed by atoms with Gasteiger partial charge in [-0.2, -0.15) is 0 Å². The monoisotopic (exact) mass is 253 g/mol. The maximum Gasteiger partial charge on any atom is 0.253 e. The Bertz CT molecular complexity index is 414. The summed E-state index contributed by atoms with van der Waals surface area (Å²) in [5, 5.41) is 0. The van der Waals surface area contributed by atoms with E-state index < -0.39 is 5.82 Å². The molecule has 100 valence electrons. The number of rotatable bonds is 5. The summed E-state index contributed by atoms with van der Waals surface area (Å²) in [5.41, 5.74) is 0.354. The molecule has 0 spiro atoms. The highest BCUT2D eigenvalue weighted by atomic mass is 19.1. The van der Waals surface area contributed by atoms with Crippen molar-refractivity contribution >= 4 is 5.91 Å². The van der Waals surface area contributed by atoms with E-state index in [2.05, 4.69) is 0 Å². The fourth-order valence-corrected chi connectivity index (χ4v) is 1.68. The highest BCUT2D eigenvalue weighted by Gasteiger charge is 2.15. The van der Waals surface area contributed by atoms with Crippen LogP contribution < -0.4 is 4.74 Å². The molecule has 0 bridgehead atoms. The molecule has 1 rings (SSSR count). The van der Waals surface area contributed by atoms with Crippen LogP contribution >= 0.6 is 0 Å². The molecular weight excluding hydrogens is 233 g/mol. The van der Waals surface area contributed by atoms with Crippen molar-refractivity contribution in [3.8, 4) is 5.75 Å². The predicted octanol–water partition coefficient (Wildman–Crippen LogP) is 3.09. The van der Waals surface area contributed by atoms with Crippen LogP contribution in [0.2, 0.25) is 0 Å². The van der Waals surface area contributed by atoms with Crippen LogP contribution in [-0.4, -0.2) is 30.0 Å². The Morgan fingerprint density at radius 1 is 1.33 bits per heavy atom. The molecule has 0 aliphatic heterocycles. The first-order valence-corrected chi connectivity index (χ1v) is 6.25. The molecule has 0 saturated heterocycles. The van der Waals surface area contributed by atoms with Crippen molar-refractivity contribution in [2.45, 2.75) is 33.8 Å². The van der Waals surface area contributed by atoms with Gasteiger partial charge in [-0.3, -0.25) is 4.79 Å². The molecule has 0 unspecified atom stereocenters. The summed E-state index contributed by atoms with van der Waals surface area (Å²) in [5.74, 6) is -0.474. The summed E-state index contributed by atoms with van der Waals surface area (Å²) in [6.45, 7) is 8.67. The van der Waals surface area contributed by atoms with Crippen molar-refractivity contribution in [1.82, 2.24) is 4.90 Å². The van der Waals surface area contributed by atoms with Gasteiger partial charge < -0.3 is 9.64 Å². The fraction of sp³-hybridized carbons (Fsp3) is 0.500. The van der Waals surface area contributed by atoms with E-state index in [0.29, 0.717) is 18.7 Å². The summed E-state index contributed by atoms with van der Waals surface area (Å²) < 4.78 is 19.0. The van der Waals surface area contributed by atoms with Gasteiger partial charge in [0.1, 0.15) is 0 Å². The summed E-state index contributed by atoms with van der Waals surface area (Å²) in [6, 6.07) is 4.34.